The van der Waals surface area contributed by atoms with Crippen molar-refractivity contribution < 1.29 is 33.9 Å². The molecule has 4 amide bonds. The standard InChI is InChI=1S/C35H50ClN5O7/c1-37-32(47)34-11-12-35(16-28(34)43,29(44)15-34)33(48)41-19-22(42)14-27(41)30(45)39-26(13-21-17-38-25-10-6-4-8-23(21)25)31(46)40(2)18-20-7-3-5-9-24(20)36/h17,20,22-27,38,42H,3-16,18-19H2,1-2H3,(H,37,47)(H,39,45)/t20?,22-,23?,24?,25?,26?,27?,34?,35?/m1/s1. The van der Waals surface area contributed by atoms with Crippen molar-refractivity contribution in [2.24, 2.45) is 22.7 Å². The molecule has 48 heavy (non-hydrogen) atoms. The van der Waals surface area contributed by atoms with E-state index in [1.54, 1.807) is 11.9 Å². The zero-order valence-electron chi connectivity index (χ0n) is 28.1. The van der Waals surface area contributed by atoms with E-state index in [0.717, 1.165) is 56.9 Å². The van der Waals surface area contributed by atoms with Crippen molar-refractivity contribution in [2.75, 3.05) is 27.2 Å². The van der Waals surface area contributed by atoms with Crippen molar-refractivity contribution in [3.63, 3.8) is 0 Å². The average Bonchev–Trinajstić information content (AvgIpc) is 3.68. The predicted molar refractivity (Wildman–Crippen MR) is 176 cm³/mol. The summed E-state index contributed by atoms with van der Waals surface area (Å²) < 4.78 is 0. The molecule has 12 nitrogen and oxygen atoms in total. The van der Waals surface area contributed by atoms with Crippen LogP contribution >= 0.6 is 11.6 Å². The van der Waals surface area contributed by atoms with Crippen LogP contribution in [0.3, 0.4) is 0 Å². The number of hydrogen-bond donors (Lipinski definition) is 4. The van der Waals surface area contributed by atoms with Crippen molar-refractivity contribution in [3.8, 4) is 0 Å². The Labute approximate surface area is 287 Å². The fraction of sp³-hybridized carbons (Fsp3) is 0.771. The number of alkyl halides is 1. The number of carbonyl (C=O) groups excluding carboxylic acids is 6. The maximum Gasteiger partial charge on any atom is 0.245 e. The number of carbonyl (C=O) groups is 6. The number of likely N-dealkylation sites (tertiary alicyclic amines) is 1. The first-order valence-corrected chi connectivity index (χ1v) is 18.3. The average molecular weight is 688 g/mol. The van der Waals surface area contributed by atoms with Crippen LogP contribution in [0.4, 0.5) is 0 Å². The number of ketones is 2. The quantitative estimate of drug-likeness (QED) is 0.210. The number of halogens is 1. The lowest BCUT2D eigenvalue weighted by atomic mass is 9.51. The van der Waals surface area contributed by atoms with Crippen molar-refractivity contribution in [1.82, 2.24) is 25.8 Å². The highest BCUT2D eigenvalue weighted by molar-refractivity contribution is 6.21. The molecule has 13 heteroatoms. The minimum Gasteiger partial charge on any atom is -0.391 e. The molecule has 264 valence electrons. The predicted octanol–water partition coefficient (Wildman–Crippen LogP) is 1.57. The molecule has 0 aromatic rings. The summed E-state index contributed by atoms with van der Waals surface area (Å²) >= 11 is 6.64. The van der Waals surface area contributed by atoms with E-state index in [-0.39, 0.29) is 55.3 Å². The number of nitrogens with zero attached hydrogens (tertiary/aromatic N) is 2. The zero-order valence-corrected chi connectivity index (χ0v) is 28.9. The Balaban J connectivity index is 1.20. The molecule has 2 heterocycles. The van der Waals surface area contributed by atoms with E-state index < -0.39 is 64.7 Å². The fourth-order valence-electron chi connectivity index (χ4n) is 9.47. The lowest BCUT2D eigenvalue weighted by Crippen LogP contribution is -2.65. The lowest BCUT2D eigenvalue weighted by Gasteiger charge is -2.49. The number of rotatable bonds is 9. The maximum atomic E-state index is 14.2. The molecular weight excluding hydrogens is 638 g/mol. The van der Waals surface area contributed by atoms with Crippen LogP contribution in [0.1, 0.15) is 89.9 Å². The van der Waals surface area contributed by atoms with Crippen molar-refractivity contribution in [2.45, 2.75) is 119 Å². The van der Waals surface area contributed by atoms with Gasteiger partial charge in [-0.05, 0) is 62.6 Å². The van der Waals surface area contributed by atoms with Gasteiger partial charge >= 0.3 is 0 Å². The van der Waals surface area contributed by atoms with E-state index in [9.17, 15) is 33.9 Å². The Morgan fingerprint density at radius 2 is 1.71 bits per heavy atom. The molecule has 2 aliphatic heterocycles. The highest BCUT2D eigenvalue weighted by Crippen LogP contribution is 2.54. The molecule has 5 aliphatic carbocycles. The number of nitrogens with one attached hydrogen (secondary N) is 3. The van der Waals surface area contributed by atoms with Crippen molar-refractivity contribution >= 4 is 46.8 Å². The largest absolute Gasteiger partial charge is 0.391 e. The van der Waals surface area contributed by atoms with Crippen molar-refractivity contribution in [1.29, 1.82) is 0 Å². The summed E-state index contributed by atoms with van der Waals surface area (Å²) in [6, 6.07) is -1.70. The molecule has 8 unspecified atom stereocenters. The number of aliphatic hydroxyl groups is 1. The smallest absolute Gasteiger partial charge is 0.245 e. The summed E-state index contributed by atoms with van der Waals surface area (Å²) in [4.78, 5) is 84.8. The van der Waals surface area contributed by atoms with E-state index in [1.165, 1.54) is 11.9 Å². The third-order valence-electron chi connectivity index (χ3n) is 12.4. The van der Waals surface area contributed by atoms with E-state index in [0.29, 0.717) is 19.0 Å². The number of hydrogen-bond acceptors (Lipinski definition) is 8. The molecule has 1 saturated heterocycles. The van der Waals surface area contributed by atoms with Crippen LogP contribution in [0.15, 0.2) is 11.8 Å². The fourth-order valence-corrected chi connectivity index (χ4v) is 9.83. The highest BCUT2D eigenvalue weighted by Gasteiger charge is 2.66. The minimum atomic E-state index is -1.67. The van der Waals surface area contributed by atoms with Gasteiger partial charge in [0.05, 0.1) is 6.10 Å². The molecule has 0 radical (unpaired) electrons. The van der Waals surface area contributed by atoms with Crippen LogP contribution < -0.4 is 16.0 Å². The topological polar surface area (TPSA) is 165 Å². The Morgan fingerprint density at radius 3 is 2.42 bits per heavy atom. The molecule has 5 saturated carbocycles. The Kier molecular flexibility index (Phi) is 9.97. The number of aliphatic hydroxyl groups excluding tert-OH is 1. The van der Waals surface area contributed by atoms with Gasteiger partial charge in [0, 0.05) is 63.8 Å². The van der Waals surface area contributed by atoms with Crippen LogP contribution in [0.2, 0.25) is 0 Å². The van der Waals surface area contributed by atoms with Crippen LogP contribution in [0.5, 0.6) is 0 Å². The molecule has 0 aromatic heterocycles. The first-order chi connectivity index (χ1) is 22.9. The molecule has 0 aromatic carbocycles. The van der Waals surface area contributed by atoms with Crippen LogP contribution in [0, 0.1) is 22.7 Å². The van der Waals surface area contributed by atoms with Crippen LogP contribution in [-0.2, 0) is 28.8 Å². The molecule has 2 bridgehead atoms. The maximum absolute atomic E-state index is 14.2. The van der Waals surface area contributed by atoms with Gasteiger partial charge in [0.25, 0.3) is 0 Å². The molecular formula is C35H50ClN5O7. The van der Waals surface area contributed by atoms with Gasteiger partial charge in [-0.15, -0.1) is 11.6 Å². The summed E-state index contributed by atoms with van der Waals surface area (Å²) in [5, 5.41) is 19.6. The molecule has 4 N–H and O–H groups in total. The Morgan fingerprint density at radius 1 is 1.04 bits per heavy atom. The normalized spacial score (nSPS) is 36.5. The van der Waals surface area contributed by atoms with Gasteiger partial charge in [-0.3, -0.25) is 28.8 Å². The lowest BCUT2D eigenvalue weighted by molar-refractivity contribution is -0.173. The van der Waals surface area contributed by atoms with Gasteiger partial charge in [0.2, 0.25) is 23.6 Å². The highest BCUT2D eigenvalue weighted by atomic mass is 35.5. The Bertz CT molecular complexity index is 1390. The monoisotopic (exact) mass is 687 g/mol. The van der Waals surface area contributed by atoms with Gasteiger partial charge in [-0.2, -0.15) is 0 Å². The summed E-state index contributed by atoms with van der Waals surface area (Å²) in [5.74, 6) is -2.49. The number of β-amino-alcohol motifs (C(OH)–C–C–N with tert-alkyl or cyclic N) is 1. The second-order valence-electron chi connectivity index (χ2n) is 15.2. The summed E-state index contributed by atoms with van der Waals surface area (Å²) in [6.07, 6.45) is 8.85. The number of amides is 4. The molecule has 7 rings (SSSR count). The first kappa shape index (κ1) is 34.9. The molecule has 0 spiro atoms. The number of fused-ring (bicyclic) bond motifs is 4. The molecule has 9 atom stereocenters. The molecule has 7 aliphatic rings. The van der Waals surface area contributed by atoms with Gasteiger partial charge in [-0.25, -0.2) is 0 Å². The number of likely N-dealkylation sites (N-methyl/N-ethyl adjacent to an activating group) is 1. The van der Waals surface area contributed by atoms with E-state index in [2.05, 4.69) is 16.0 Å². The van der Waals surface area contributed by atoms with Gasteiger partial charge in [0.15, 0.2) is 0 Å². The third-order valence-corrected chi connectivity index (χ3v) is 12.9. The van der Waals surface area contributed by atoms with Gasteiger partial charge < -0.3 is 30.9 Å². The van der Waals surface area contributed by atoms with E-state index in [1.807, 2.05) is 6.20 Å². The second kappa shape index (κ2) is 13.7. The van der Waals surface area contributed by atoms with Gasteiger partial charge in [0.1, 0.15) is 34.5 Å². The second-order valence-corrected chi connectivity index (χ2v) is 15.8. The van der Waals surface area contributed by atoms with Crippen LogP contribution in [-0.4, -0.2) is 107 Å². The van der Waals surface area contributed by atoms with Crippen molar-refractivity contribution in [3.05, 3.63) is 11.8 Å². The third kappa shape index (κ3) is 6.16. The number of Topliss-reactive ketones (excluding diaryl/α,β-unsaturated/α-hetero) is 2. The summed E-state index contributed by atoms with van der Waals surface area (Å²) in [6.45, 7) is 0.308. The van der Waals surface area contributed by atoms with Crippen LogP contribution in [0.25, 0.3) is 0 Å². The minimum absolute atomic E-state index is 0.0126. The first-order valence-electron chi connectivity index (χ1n) is 17.8. The van der Waals surface area contributed by atoms with E-state index >= 15 is 0 Å². The van der Waals surface area contributed by atoms with Gasteiger partial charge in [-0.1, -0.05) is 25.7 Å². The van der Waals surface area contributed by atoms with E-state index in [4.69, 9.17) is 11.6 Å². The summed E-state index contributed by atoms with van der Waals surface area (Å²) in [7, 11) is 3.16. The zero-order chi connectivity index (χ0) is 34.4. The summed E-state index contributed by atoms with van der Waals surface area (Å²) in [5.41, 5.74) is -2.04. The Hall–Kier alpha value is -2.99. The SMILES string of the molecule is CNC(=O)C12CCC(C(=O)N3C[C@H](O)CC3C(=O)NC(CC3=CNC4CCCCC34)C(=O)N(C)CC3CCCCC3Cl)(CC1=O)C(=O)C2. The molecule has 6 fully saturated rings.